The Hall–Kier alpha value is -1.26. The van der Waals surface area contributed by atoms with Gasteiger partial charge in [-0.05, 0) is 24.6 Å². The molecular weight excluding hydrogens is 287 g/mol. The molecule has 102 valence electrons. The second kappa shape index (κ2) is 6.26. The van der Waals surface area contributed by atoms with Crippen LogP contribution in [0.15, 0.2) is 18.2 Å². The SMILES string of the molecule is O=C(CCCl)Nc1ccc(N2CCCC2=O)c(Cl)c1. The highest BCUT2D eigenvalue weighted by atomic mass is 35.5. The number of hydrogen-bond donors (Lipinski definition) is 1. The summed E-state index contributed by atoms with van der Waals surface area (Å²) in [5.41, 5.74) is 1.30. The Bertz CT molecular complexity index is 505. The Morgan fingerprint density at radius 1 is 1.42 bits per heavy atom. The first-order chi connectivity index (χ1) is 9.11. The molecule has 0 saturated carbocycles. The predicted molar refractivity (Wildman–Crippen MR) is 77.0 cm³/mol. The number of anilines is 2. The fourth-order valence-corrected chi connectivity index (χ4v) is 2.47. The van der Waals surface area contributed by atoms with Gasteiger partial charge in [0.25, 0.3) is 0 Å². The molecule has 0 aromatic heterocycles. The summed E-state index contributed by atoms with van der Waals surface area (Å²) in [6, 6.07) is 5.13. The lowest BCUT2D eigenvalue weighted by atomic mass is 10.2. The lowest BCUT2D eigenvalue weighted by molar-refractivity contribution is -0.117. The van der Waals surface area contributed by atoms with Gasteiger partial charge in [0.15, 0.2) is 0 Å². The van der Waals surface area contributed by atoms with Crippen LogP contribution in [0.2, 0.25) is 5.02 Å². The molecule has 1 N–H and O–H groups in total. The van der Waals surface area contributed by atoms with E-state index in [0.717, 1.165) is 6.42 Å². The van der Waals surface area contributed by atoms with Crippen molar-refractivity contribution >= 4 is 46.4 Å². The standard InChI is InChI=1S/C13H14Cl2N2O2/c14-6-5-12(18)16-9-3-4-11(10(15)8-9)17-7-1-2-13(17)19/h3-4,8H,1-2,5-7H2,(H,16,18). The molecule has 1 fully saturated rings. The van der Waals surface area contributed by atoms with Crippen molar-refractivity contribution < 1.29 is 9.59 Å². The summed E-state index contributed by atoms with van der Waals surface area (Å²) >= 11 is 11.7. The Balaban J connectivity index is 2.13. The zero-order chi connectivity index (χ0) is 13.8. The van der Waals surface area contributed by atoms with Gasteiger partial charge >= 0.3 is 0 Å². The second-order valence-corrected chi connectivity index (χ2v) is 5.09. The van der Waals surface area contributed by atoms with Crippen LogP contribution in [0.3, 0.4) is 0 Å². The van der Waals surface area contributed by atoms with Crippen LogP contribution in [-0.2, 0) is 9.59 Å². The Morgan fingerprint density at radius 2 is 2.21 bits per heavy atom. The molecule has 1 aromatic carbocycles. The number of alkyl halides is 1. The Labute approximate surface area is 121 Å². The summed E-state index contributed by atoms with van der Waals surface area (Å²) in [6.07, 6.45) is 1.67. The molecule has 2 amide bonds. The van der Waals surface area contributed by atoms with Crippen LogP contribution in [0.25, 0.3) is 0 Å². The first-order valence-electron chi connectivity index (χ1n) is 6.07. The maximum absolute atomic E-state index is 11.7. The zero-order valence-corrected chi connectivity index (χ0v) is 11.8. The molecule has 4 nitrogen and oxygen atoms in total. The number of carbonyl (C=O) groups excluding carboxylic acids is 2. The monoisotopic (exact) mass is 300 g/mol. The average Bonchev–Trinajstić information content (AvgIpc) is 2.76. The van der Waals surface area contributed by atoms with Crippen molar-refractivity contribution in [3.05, 3.63) is 23.2 Å². The van der Waals surface area contributed by atoms with Crippen LogP contribution in [0, 0.1) is 0 Å². The molecule has 0 spiro atoms. The Kier molecular flexibility index (Phi) is 4.66. The molecule has 1 aliphatic heterocycles. The molecule has 6 heteroatoms. The lowest BCUT2D eigenvalue weighted by Crippen LogP contribution is -2.24. The fraction of sp³-hybridized carbons (Fsp3) is 0.385. The van der Waals surface area contributed by atoms with Crippen LogP contribution in [0.4, 0.5) is 11.4 Å². The molecule has 2 rings (SSSR count). The van der Waals surface area contributed by atoms with Gasteiger partial charge in [0, 0.05) is 31.0 Å². The number of rotatable bonds is 4. The van der Waals surface area contributed by atoms with Crippen LogP contribution in [0.5, 0.6) is 0 Å². The molecule has 0 radical (unpaired) electrons. The van der Waals surface area contributed by atoms with E-state index in [1.54, 1.807) is 23.1 Å². The van der Waals surface area contributed by atoms with Gasteiger partial charge in [0.05, 0.1) is 10.7 Å². The van der Waals surface area contributed by atoms with Gasteiger partial charge < -0.3 is 10.2 Å². The number of nitrogens with one attached hydrogen (secondary N) is 1. The van der Waals surface area contributed by atoms with E-state index in [9.17, 15) is 9.59 Å². The van der Waals surface area contributed by atoms with E-state index in [-0.39, 0.29) is 24.1 Å². The van der Waals surface area contributed by atoms with Gasteiger partial charge in [0.2, 0.25) is 11.8 Å². The minimum Gasteiger partial charge on any atom is -0.326 e. The van der Waals surface area contributed by atoms with Crippen molar-refractivity contribution in [3.8, 4) is 0 Å². The van der Waals surface area contributed by atoms with Crippen molar-refractivity contribution in [2.75, 3.05) is 22.6 Å². The third-order valence-electron chi connectivity index (χ3n) is 2.92. The number of amides is 2. The molecule has 1 aromatic rings. The summed E-state index contributed by atoms with van der Waals surface area (Å²) in [5, 5.41) is 3.16. The summed E-state index contributed by atoms with van der Waals surface area (Å²) in [4.78, 5) is 24.7. The topological polar surface area (TPSA) is 49.4 Å². The van der Waals surface area contributed by atoms with E-state index in [1.807, 2.05) is 0 Å². The maximum Gasteiger partial charge on any atom is 0.227 e. The first kappa shape index (κ1) is 14.2. The highest BCUT2D eigenvalue weighted by Gasteiger charge is 2.23. The van der Waals surface area contributed by atoms with Gasteiger partial charge in [0.1, 0.15) is 0 Å². The normalized spacial score (nSPS) is 14.8. The van der Waals surface area contributed by atoms with Crippen molar-refractivity contribution in [3.63, 3.8) is 0 Å². The van der Waals surface area contributed by atoms with Gasteiger partial charge in [-0.15, -0.1) is 11.6 Å². The van der Waals surface area contributed by atoms with E-state index in [1.165, 1.54) is 0 Å². The molecule has 1 heterocycles. The summed E-state index contributed by atoms with van der Waals surface area (Å²) in [6.45, 7) is 0.691. The number of benzene rings is 1. The summed E-state index contributed by atoms with van der Waals surface area (Å²) < 4.78 is 0. The van der Waals surface area contributed by atoms with E-state index >= 15 is 0 Å². The molecule has 1 aliphatic rings. The fourth-order valence-electron chi connectivity index (χ4n) is 2.02. The zero-order valence-electron chi connectivity index (χ0n) is 10.3. The largest absolute Gasteiger partial charge is 0.326 e. The van der Waals surface area contributed by atoms with E-state index in [0.29, 0.717) is 29.4 Å². The number of carbonyl (C=O) groups is 2. The number of nitrogens with zero attached hydrogens (tertiary/aromatic N) is 1. The number of hydrogen-bond acceptors (Lipinski definition) is 2. The van der Waals surface area contributed by atoms with Crippen molar-refractivity contribution in [1.29, 1.82) is 0 Å². The van der Waals surface area contributed by atoms with Crippen molar-refractivity contribution in [2.24, 2.45) is 0 Å². The maximum atomic E-state index is 11.7. The van der Waals surface area contributed by atoms with Crippen LogP contribution in [-0.4, -0.2) is 24.2 Å². The minimum absolute atomic E-state index is 0.0841. The van der Waals surface area contributed by atoms with Crippen LogP contribution in [0.1, 0.15) is 19.3 Å². The second-order valence-electron chi connectivity index (χ2n) is 4.30. The van der Waals surface area contributed by atoms with Crippen LogP contribution < -0.4 is 10.2 Å². The molecule has 0 bridgehead atoms. The molecule has 19 heavy (non-hydrogen) atoms. The van der Waals surface area contributed by atoms with Gasteiger partial charge in [-0.1, -0.05) is 11.6 Å². The van der Waals surface area contributed by atoms with Crippen molar-refractivity contribution in [1.82, 2.24) is 0 Å². The molecule has 1 saturated heterocycles. The quantitative estimate of drug-likeness (QED) is 0.869. The minimum atomic E-state index is -0.156. The third-order valence-corrected chi connectivity index (χ3v) is 3.41. The van der Waals surface area contributed by atoms with Gasteiger partial charge in [-0.2, -0.15) is 0 Å². The lowest BCUT2D eigenvalue weighted by Gasteiger charge is -2.18. The van der Waals surface area contributed by atoms with E-state index < -0.39 is 0 Å². The molecule has 0 unspecified atom stereocenters. The van der Waals surface area contributed by atoms with E-state index in [4.69, 9.17) is 23.2 Å². The molecule has 0 atom stereocenters. The van der Waals surface area contributed by atoms with Crippen LogP contribution >= 0.6 is 23.2 Å². The molecular formula is C13H14Cl2N2O2. The highest BCUT2D eigenvalue weighted by molar-refractivity contribution is 6.34. The van der Waals surface area contributed by atoms with Gasteiger partial charge in [-0.25, -0.2) is 0 Å². The first-order valence-corrected chi connectivity index (χ1v) is 6.99. The smallest absolute Gasteiger partial charge is 0.227 e. The third kappa shape index (κ3) is 3.39. The summed E-state index contributed by atoms with van der Waals surface area (Å²) in [5.74, 6) is 0.205. The van der Waals surface area contributed by atoms with Crippen molar-refractivity contribution in [2.45, 2.75) is 19.3 Å². The average molecular weight is 301 g/mol. The summed E-state index contributed by atoms with van der Waals surface area (Å²) in [7, 11) is 0. The van der Waals surface area contributed by atoms with Gasteiger partial charge in [-0.3, -0.25) is 9.59 Å². The van der Waals surface area contributed by atoms with E-state index in [2.05, 4.69) is 5.32 Å². The Morgan fingerprint density at radius 3 is 2.79 bits per heavy atom. The molecule has 0 aliphatic carbocycles. The number of halogens is 2. The predicted octanol–water partition coefficient (Wildman–Crippen LogP) is 3.03. The highest BCUT2D eigenvalue weighted by Crippen LogP contribution is 2.31.